The number of amides is 1. The van der Waals surface area contributed by atoms with Crippen LogP contribution in [0, 0.1) is 16.0 Å². The first-order chi connectivity index (χ1) is 9.06. The van der Waals surface area contributed by atoms with E-state index in [1.165, 1.54) is 12.1 Å². The minimum absolute atomic E-state index is 0.0407. The summed E-state index contributed by atoms with van der Waals surface area (Å²) in [6.07, 6.45) is 1.42. The van der Waals surface area contributed by atoms with E-state index in [1.54, 1.807) is 6.07 Å². The van der Waals surface area contributed by atoms with Crippen LogP contribution in [-0.2, 0) is 4.79 Å². The number of rotatable bonds is 4. The van der Waals surface area contributed by atoms with E-state index in [9.17, 15) is 14.9 Å². The molecule has 102 valence electrons. The van der Waals surface area contributed by atoms with Gasteiger partial charge >= 0.3 is 0 Å². The highest BCUT2D eigenvalue weighted by molar-refractivity contribution is 9.10. The minimum Gasteiger partial charge on any atom is -0.325 e. The molecule has 2 rings (SSSR count). The summed E-state index contributed by atoms with van der Waals surface area (Å²) in [4.78, 5) is 22.1. The van der Waals surface area contributed by atoms with Crippen molar-refractivity contribution < 1.29 is 9.72 Å². The lowest BCUT2D eigenvalue weighted by Gasteiger charge is -2.10. The van der Waals surface area contributed by atoms with E-state index in [0.717, 1.165) is 19.5 Å². The van der Waals surface area contributed by atoms with Crippen LogP contribution >= 0.6 is 15.9 Å². The quantitative estimate of drug-likeness (QED) is 0.656. The number of nitro benzene ring substituents is 1. The van der Waals surface area contributed by atoms with Crippen LogP contribution in [-0.4, -0.2) is 23.9 Å². The molecule has 1 aromatic carbocycles. The van der Waals surface area contributed by atoms with Crippen molar-refractivity contribution in [1.82, 2.24) is 5.32 Å². The summed E-state index contributed by atoms with van der Waals surface area (Å²) in [7, 11) is 0. The van der Waals surface area contributed by atoms with Crippen molar-refractivity contribution in [2.75, 3.05) is 18.4 Å². The number of hydrogen-bond donors (Lipinski definition) is 2. The molecule has 0 aliphatic carbocycles. The molecule has 1 aromatic rings. The fourth-order valence-electron chi connectivity index (χ4n) is 2.07. The van der Waals surface area contributed by atoms with Gasteiger partial charge in [0, 0.05) is 23.0 Å². The summed E-state index contributed by atoms with van der Waals surface area (Å²) in [5.41, 5.74) is 0.395. The molecule has 19 heavy (non-hydrogen) atoms. The van der Waals surface area contributed by atoms with Gasteiger partial charge in [0.1, 0.15) is 0 Å². The van der Waals surface area contributed by atoms with Crippen LogP contribution in [0.2, 0.25) is 0 Å². The fourth-order valence-corrected chi connectivity index (χ4v) is 2.42. The molecule has 0 bridgehead atoms. The van der Waals surface area contributed by atoms with Gasteiger partial charge in [0.25, 0.3) is 5.69 Å². The smallest absolute Gasteiger partial charge is 0.271 e. The molecule has 1 unspecified atom stereocenters. The number of benzene rings is 1. The highest BCUT2D eigenvalue weighted by atomic mass is 79.9. The lowest BCUT2D eigenvalue weighted by Crippen LogP contribution is -2.18. The van der Waals surface area contributed by atoms with Gasteiger partial charge < -0.3 is 10.6 Å². The average Bonchev–Trinajstić information content (AvgIpc) is 2.84. The van der Waals surface area contributed by atoms with Crippen molar-refractivity contribution in [3.63, 3.8) is 0 Å². The van der Waals surface area contributed by atoms with Crippen LogP contribution in [0.5, 0.6) is 0 Å². The number of carbonyl (C=O) groups excluding carboxylic acids is 1. The van der Waals surface area contributed by atoms with Crippen LogP contribution in [0.4, 0.5) is 11.4 Å². The summed E-state index contributed by atoms with van der Waals surface area (Å²) < 4.78 is 0.635. The van der Waals surface area contributed by atoms with Crippen LogP contribution in [0.3, 0.4) is 0 Å². The molecule has 0 spiro atoms. The third kappa shape index (κ3) is 3.74. The summed E-state index contributed by atoms with van der Waals surface area (Å²) >= 11 is 3.27. The first-order valence-electron chi connectivity index (χ1n) is 6.01. The van der Waals surface area contributed by atoms with Crippen LogP contribution in [0.15, 0.2) is 22.7 Å². The topological polar surface area (TPSA) is 84.3 Å². The largest absolute Gasteiger partial charge is 0.325 e. The van der Waals surface area contributed by atoms with Gasteiger partial charge in [0.05, 0.1) is 10.6 Å². The molecule has 7 heteroatoms. The molecular weight excluding hydrogens is 314 g/mol. The Kier molecular flexibility index (Phi) is 4.49. The molecule has 0 radical (unpaired) electrons. The molecule has 1 atom stereocenters. The Bertz CT molecular complexity index is 501. The second-order valence-electron chi connectivity index (χ2n) is 4.53. The third-order valence-electron chi connectivity index (χ3n) is 3.07. The number of anilines is 1. The second-order valence-corrected chi connectivity index (χ2v) is 5.39. The molecule has 2 N–H and O–H groups in total. The van der Waals surface area contributed by atoms with Crippen LogP contribution in [0.25, 0.3) is 0 Å². The van der Waals surface area contributed by atoms with E-state index < -0.39 is 4.92 Å². The molecule has 1 saturated heterocycles. The van der Waals surface area contributed by atoms with Crippen molar-refractivity contribution in [3.05, 3.63) is 32.8 Å². The van der Waals surface area contributed by atoms with E-state index in [0.29, 0.717) is 22.5 Å². The molecule has 1 fully saturated rings. The zero-order valence-corrected chi connectivity index (χ0v) is 11.8. The van der Waals surface area contributed by atoms with Crippen LogP contribution in [0.1, 0.15) is 12.8 Å². The highest BCUT2D eigenvalue weighted by Gasteiger charge is 2.19. The molecular formula is C12H14BrN3O3. The number of carbonyl (C=O) groups is 1. The van der Waals surface area contributed by atoms with Gasteiger partial charge in [0.2, 0.25) is 5.91 Å². The normalized spacial score (nSPS) is 18.3. The Morgan fingerprint density at radius 1 is 1.58 bits per heavy atom. The Balaban J connectivity index is 2.02. The number of hydrogen-bond acceptors (Lipinski definition) is 4. The van der Waals surface area contributed by atoms with Crippen molar-refractivity contribution in [2.24, 2.45) is 5.92 Å². The number of nitrogens with zero attached hydrogens (tertiary/aromatic N) is 1. The van der Waals surface area contributed by atoms with E-state index in [2.05, 4.69) is 26.6 Å². The number of non-ortho nitro benzene ring substituents is 1. The Labute approximate surface area is 118 Å². The van der Waals surface area contributed by atoms with Gasteiger partial charge in [0.15, 0.2) is 0 Å². The third-order valence-corrected chi connectivity index (χ3v) is 3.76. The van der Waals surface area contributed by atoms with Crippen molar-refractivity contribution >= 4 is 33.2 Å². The van der Waals surface area contributed by atoms with E-state index >= 15 is 0 Å². The standard InChI is InChI=1S/C12H14BrN3O3/c13-10-2-1-9(16(18)19)6-11(10)15-12(17)5-8-3-4-14-7-8/h1-2,6,8,14H,3-5,7H2,(H,15,17). The monoisotopic (exact) mass is 327 g/mol. The molecule has 1 heterocycles. The first-order valence-corrected chi connectivity index (χ1v) is 6.80. The van der Waals surface area contributed by atoms with Crippen molar-refractivity contribution in [3.8, 4) is 0 Å². The van der Waals surface area contributed by atoms with E-state index in [-0.39, 0.29) is 11.6 Å². The van der Waals surface area contributed by atoms with Gasteiger partial charge in [-0.05, 0) is 47.4 Å². The zero-order chi connectivity index (χ0) is 13.8. The highest BCUT2D eigenvalue weighted by Crippen LogP contribution is 2.27. The molecule has 0 aromatic heterocycles. The Hall–Kier alpha value is -1.47. The summed E-state index contributed by atoms with van der Waals surface area (Å²) in [6, 6.07) is 4.31. The lowest BCUT2D eigenvalue weighted by molar-refractivity contribution is -0.384. The fraction of sp³-hybridized carbons (Fsp3) is 0.417. The molecule has 6 nitrogen and oxygen atoms in total. The number of nitro groups is 1. The Morgan fingerprint density at radius 3 is 3.00 bits per heavy atom. The van der Waals surface area contributed by atoms with Gasteiger partial charge in [-0.1, -0.05) is 0 Å². The van der Waals surface area contributed by atoms with Gasteiger partial charge in [-0.3, -0.25) is 14.9 Å². The maximum atomic E-state index is 11.9. The molecule has 0 saturated carbocycles. The summed E-state index contributed by atoms with van der Waals surface area (Å²) in [5.74, 6) is 0.229. The molecule has 1 aliphatic heterocycles. The lowest BCUT2D eigenvalue weighted by atomic mass is 10.0. The van der Waals surface area contributed by atoms with Crippen molar-refractivity contribution in [2.45, 2.75) is 12.8 Å². The molecule has 1 aliphatic rings. The summed E-state index contributed by atoms with van der Waals surface area (Å²) in [5, 5.41) is 16.6. The maximum absolute atomic E-state index is 11.9. The predicted molar refractivity (Wildman–Crippen MR) is 75.0 cm³/mol. The number of nitrogens with one attached hydrogen (secondary N) is 2. The molecule has 1 amide bonds. The van der Waals surface area contributed by atoms with Gasteiger partial charge in [-0.15, -0.1) is 0 Å². The number of halogens is 1. The van der Waals surface area contributed by atoms with Crippen LogP contribution < -0.4 is 10.6 Å². The minimum atomic E-state index is -0.483. The van der Waals surface area contributed by atoms with Gasteiger partial charge in [-0.25, -0.2) is 0 Å². The summed E-state index contributed by atoms with van der Waals surface area (Å²) in [6.45, 7) is 1.79. The van der Waals surface area contributed by atoms with Gasteiger partial charge in [-0.2, -0.15) is 0 Å². The maximum Gasteiger partial charge on any atom is 0.271 e. The SMILES string of the molecule is O=C(CC1CCNC1)Nc1cc([N+](=O)[O-])ccc1Br. The first kappa shape index (κ1) is 14.0. The van der Waals surface area contributed by atoms with E-state index in [1.807, 2.05) is 0 Å². The average molecular weight is 328 g/mol. The predicted octanol–water partition coefficient (Wildman–Crippen LogP) is 2.30. The zero-order valence-electron chi connectivity index (χ0n) is 10.2. The van der Waals surface area contributed by atoms with Crippen molar-refractivity contribution in [1.29, 1.82) is 0 Å². The second kappa shape index (κ2) is 6.12. The Morgan fingerprint density at radius 2 is 2.37 bits per heavy atom. The van der Waals surface area contributed by atoms with E-state index in [4.69, 9.17) is 0 Å².